The third-order valence-corrected chi connectivity index (χ3v) is 3.07. The topological polar surface area (TPSA) is 42.0 Å². The maximum atomic E-state index is 9.42. The van der Waals surface area contributed by atoms with E-state index in [4.69, 9.17) is 9.47 Å². The Morgan fingerprint density at radius 2 is 2.12 bits per heavy atom. The molecule has 0 spiro atoms. The standard InChI is InChI=1S/C14H20O3/c1-14(10-15,7-13-9-17-13)11-16-8-12-5-3-2-4-6-12/h2-6,13,15H,7-11H2,1H3. The summed E-state index contributed by atoms with van der Waals surface area (Å²) in [5, 5.41) is 9.42. The van der Waals surface area contributed by atoms with Crippen LogP contribution in [0.4, 0.5) is 0 Å². The first-order chi connectivity index (χ1) is 8.22. The predicted molar refractivity (Wildman–Crippen MR) is 65.6 cm³/mol. The minimum absolute atomic E-state index is 0.141. The van der Waals surface area contributed by atoms with Gasteiger partial charge in [0.15, 0.2) is 0 Å². The molecule has 1 aromatic rings. The van der Waals surface area contributed by atoms with Crippen molar-refractivity contribution in [2.75, 3.05) is 19.8 Å². The maximum absolute atomic E-state index is 9.42. The Morgan fingerprint density at radius 3 is 2.71 bits per heavy atom. The summed E-state index contributed by atoms with van der Waals surface area (Å²) in [6.45, 7) is 4.18. The molecule has 0 aliphatic carbocycles. The second-order valence-electron chi connectivity index (χ2n) is 5.11. The maximum Gasteiger partial charge on any atom is 0.0816 e. The molecule has 2 rings (SSSR count). The molecule has 1 aliphatic heterocycles. The highest BCUT2D eigenvalue weighted by molar-refractivity contribution is 5.13. The van der Waals surface area contributed by atoms with Crippen molar-refractivity contribution in [1.29, 1.82) is 0 Å². The molecule has 1 fully saturated rings. The lowest BCUT2D eigenvalue weighted by molar-refractivity contribution is 0.000747. The van der Waals surface area contributed by atoms with Crippen molar-refractivity contribution in [2.24, 2.45) is 5.41 Å². The Labute approximate surface area is 102 Å². The smallest absolute Gasteiger partial charge is 0.0816 e. The molecule has 3 nitrogen and oxygen atoms in total. The van der Waals surface area contributed by atoms with Crippen LogP contribution in [-0.2, 0) is 16.1 Å². The molecule has 1 aliphatic rings. The molecule has 0 aromatic heterocycles. The van der Waals surface area contributed by atoms with Crippen LogP contribution in [0.1, 0.15) is 18.9 Å². The molecular weight excluding hydrogens is 216 g/mol. The van der Waals surface area contributed by atoms with E-state index < -0.39 is 0 Å². The fourth-order valence-electron chi connectivity index (χ4n) is 1.89. The molecule has 0 amide bonds. The van der Waals surface area contributed by atoms with Crippen molar-refractivity contribution in [3.05, 3.63) is 35.9 Å². The van der Waals surface area contributed by atoms with Gasteiger partial charge in [-0.1, -0.05) is 37.3 Å². The predicted octanol–water partition coefficient (Wildman–Crippen LogP) is 1.99. The summed E-state index contributed by atoms with van der Waals surface area (Å²) >= 11 is 0. The van der Waals surface area contributed by atoms with E-state index in [1.807, 2.05) is 37.3 Å². The molecular formula is C14H20O3. The molecule has 1 heterocycles. The van der Waals surface area contributed by atoms with Crippen LogP contribution in [0.2, 0.25) is 0 Å². The zero-order valence-electron chi connectivity index (χ0n) is 10.3. The molecule has 1 saturated heterocycles. The molecule has 3 heteroatoms. The molecule has 94 valence electrons. The van der Waals surface area contributed by atoms with Crippen LogP contribution < -0.4 is 0 Å². The summed E-state index contributed by atoms with van der Waals surface area (Å²) in [5.74, 6) is 0. The third kappa shape index (κ3) is 4.11. The van der Waals surface area contributed by atoms with Gasteiger partial charge in [0.2, 0.25) is 0 Å². The molecule has 1 aromatic carbocycles. The lowest BCUT2D eigenvalue weighted by atomic mass is 9.87. The van der Waals surface area contributed by atoms with Crippen molar-refractivity contribution < 1.29 is 14.6 Å². The first kappa shape index (κ1) is 12.6. The van der Waals surface area contributed by atoms with Gasteiger partial charge in [-0.25, -0.2) is 0 Å². The van der Waals surface area contributed by atoms with E-state index in [-0.39, 0.29) is 12.0 Å². The van der Waals surface area contributed by atoms with Crippen LogP contribution in [0.5, 0.6) is 0 Å². The summed E-state index contributed by atoms with van der Waals surface area (Å²) in [7, 11) is 0. The van der Waals surface area contributed by atoms with Gasteiger partial charge in [-0.15, -0.1) is 0 Å². The van der Waals surface area contributed by atoms with Crippen LogP contribution in [0.25, 0.3) is 0 Å². The number of hydrogen-bond donors (Lipinski definition) is 1. The fraction of sp³-hybridized carbons (Fsp3) is 0.571. The number of aliphatic hydroxyl groups is 1. The van der Waals surface area contributed by atoms with Gasteiger partial charge in [0.05, 0.1) is 32.5 Å². The van der Waals surface area contributed by atoms with Crippen molar-refractivity contribution in [2.45, 2.75) is 26.1 Å². The Bertz CT molecular complexity index is 335. The van der Waals surface area contributed by atoms with Gasteiger partial charge in [-0.2, -0.15) is 0 Å². The molecule has 2 atom stereocenters. The highest BCUT2D eigenvalue weighted by Gasteiger charge is 2.34. The van der Waals surface area contributed by atoms with E-state index >= 15 is 0 Å². The molecule has 2 unspecified atom stereocenters. The van der Waals surface area contributed by atoms with E-state index in [1.54, 1.807) is 0 Å². The number of rotatable bonds is 7. The lowest BCUT2D eigenvalue weighted by Gasteiger charge is -2.26. The second-order valence-corrected chi connectivity index (χ2v) is 5.11. The third-order valence-electron chi connectivity index (χ3n) is 3.07. The Kier molecular flexibility index (Phi) is 4.15. The first-order valence-corrected chi connectivity index (χ1v) is 6.06. The normalized spacial score (nSPS) is 22.1. The van der Waals surface area contributed by atoms with Crippen LogP contribution in [0.15, 0.2) is 30.3 Å². The van der Waals surface area contributed by atoms with Crippen LogP contribution >= 0.6 is 0 Å². The summed E-state index contributed by atoms with van der Waals surface area (Å²) in [4.78, 5) is 0. The Morgan fingerprint density at radius 1 is 1.41 bits per heavy atom. The van der Waals surface area contributed by atoms with Gasteiger partial charge < -0.3 is 14.6 Å². The number of ether oxygens (including phenoxy) is 2. The van der Waals surface area contributed by atoms with Crippen molar-refractivity contribution in [3.8, 4) is 0 Å². The average Bonchev–Trinajstić information content (AvgIpc) is 3.14. The second kappa shape index (κ2) is 5.63. The molecule has 1 N–H and O–H groups in total. The zero-order chi connectivity index (χ0) is 12.1. The zero-order valence-corrected chi connectivity index (χ0v) is 10.3. The van der Waals surface area contributed by atoms with Crippen LogP contribution in [-0.4, -0.2) is 31.0 Å². The summed E-state index contributed by atoms with van der Waals surface area (Å²) in [5.41, 5.74) is 0.978. The van der Waals surface area contributed by atoms with E-state index in [2.05, 4.69) is 0 Å². The van der Waals surface area contributed by atoms with Crippen molar-refractivity contribution >= 4 is 0 Å². The minimum Gasteiger partial charge on any atom is -0.396 e. The molecule has 17 heavy (non-hydrogen) atoms. The van der Waals surface area contributed by atoms with E-state index in [1.165, 1.54) is 0 Å². The summed E-state index contributed by atoms with van der Waals surface area (Å²) in [6.07, 6.45) is 1.20. The van der Waals surface area contributed by atoms with Crippen molar-refractivity contribution in [3.63, 3.8) is 0 Å². The highest BCUT2D eigenvalue weighted by Crippen LogP contribution is 2.29. The molecule has 0 saturated carbocycles. The van der Waals surface area contributed by atoms with Crippen molar-refractivity contribution in [1.82, 2.24) is 0 Å². The fourth-order valence-corrected chi connectivity index (χ4v) is 1.89. The largest absolute Gasteiger partial charge is 0.396 e. The Hall–Kier alpha value is -0.900. The number of hydrogen-bond acceptors (Lipinski definition) is 3. The SMILES string of the molecule is CC(CO)(COCc1ccccc1)CC1CO1. The number of aliphatic hydroxyl groups excluding tert-OH is 1. The average molecular weight is 236 g/mol. The molecule has 0 radical (unpaired) electrons. The van der Waals surface area contributed by atoms with Crippen LogP contribution in [0.3, 0.4) is 0 Å². The van der Waals surface area contributed by atoms with E-state index in [0.717, 1.165) is 18.6 Å². The highest BCUT2D eigenvalue weighted by atomic mass is 16.6. The van der Waals surface area contributed by atoms with Gasteiger partial charge >= 0.3 is 0 Å². The number of epoxide rings is 1. The van der Waals surface area contributed by atoms with Gasteiger partial charge in [0.25, 0.3) is 0 Å². The Balaban J connectivity index is 1.75. The van der Waals surface area contributed by atoms with Crippen LogP contribution in [0, 0.1) is 5.41 Å². The van der Waals surface area contributed by atoms with Gasteiger partial charge in [0, 0.05) is 5.41 Å². The summed E-state index contributed by atoms with van der Waals surface area (Å²) in [6, 6.07) is 10.1. The summed E-state index contributed by atoms with van der Waals surface area (Å²) < 4.78 is 10.9. The quantitative estimate of drug-likeness (QED) is 0.736. The minimum atomic E-state index is -0.185. The van der Waals surface area contributed by atoms with Gasteiger partial charge in [-0.3, -0.25) is 0 Å². The van der Waals surface area contributed by atoms with Gasteiger partial charge in [0.1, 0.15) is 0 Å². The van der Waals surface area contributed by atoms with E-state index in [0.29, 0.717) is 19.3 Å². The number of benzene rings is 1. The monoisotopic (exact) mass is 236 g/mol. The first-order valence-electron chi connectivity index (χ1n) is 6.06. The molecule has 0 bridgehead atoms. The van der Waals surface area contributed by atoms with Gasteiger partial charge in [-0.05, 0) is 12.0 Å². The van der Waals surface area contributed by atoms with E-state index in [9.17, 15) is 5.11 Å². The lowest BCUT2D eigenvalue weighted by Crippen LogP contribution is -2.29.